The second kappa shape index (κ2) is 3.94. The van der Waals surface area contributed by atoms with Gasteiger partial charge in [0.25, 0.3) is 0 Å². The van der Waals surface area contributed by atoms with E-state index in [2.05, 4.69) is 6.58 Å². The number of rotatable bonds is 2. The van der Waals surface area contributed by atoms with E-state index in [4.69, 9.17) is 28.9 Å². The molecule has 0 aliphatic rings. The SMILES string of the molecule is C=C[C@@H](N)c1ccc(Cl)cc1Cl. The molecule has 0 aliphatic carbocycles. The molecule has 1 aromatic rings. The molecule has 1 atom stereocenters. The summed E-state index contributed by atoms with van der Waals surface area (Å²) in [6, 6.07) is 5.00. The maximum atomic E-state index is 5.89. The predicted octanol–water partition coefficient (Wildman–Crippen LogP) is 3.18. The van der Waals surface area contributed by atoms with Gasteiger partial charge in [0.2, 0.25) is 0 Å². The van der Waals surface area contributed by atoms with Gasteiger partial charge in [-0.15, -0.1) is 6.58 Å². The Hall–Kier alpha value is -0.500. The molecule has 3 heteroatoms. The number of hydrogen-bond donors (Lipinski definition) is 1. The minimum atomic E-state index is -0.227. The van der Waals surface area contributed by atoms with Gasteiger partial charge in [0.05, 0.1) is 0 Å². The topological polar surface area (TPSA) is 26.0 Å². The molecule has 1 aromatic carbocycles. The van der Waals surface area contributed by atoms with E-state index in [1.54, 1.807) is 24.3 Å². The van der Waals surface area contributed by atoms with Crippen molar-refractivity contribution in [3.05, 3.63) is 46.5 Å². The van der Waals surface area contributed by atoms with Crippen molar-refractivity contribution >= 4 is 23.2 Å². The van der Waals surface area contributed by atoms with E-state index < -0.39 is 0 Å². The van der Waals surface area contributed by atoms with Crippen LogP contribution in [0.2, 0.25) is 10.0 Å². The molecule has 1 rings (SSSR count). The van der Waals surface area contributed by atoms with Gasteiger partial charge in [-0.25, -0.2) is 0 Å². The van der Waals surface area contributed by atoms with Crippen LogP contribution in [0.1, 0.15) is 11.6 Å². The maximum absolute atomic E-state index is 5.89. The highest BCUT2D eigenvalue weighted by atomic mass is 35.5. The summed E-state index contributed by atoms with van der Waals surface area (Å²) < 4.78 is 0. The first-order valence-electron chi connectivity index (χ1n) is 3.48. The molecule has 64 valence electrons. The number of benzene rings is 1. The third kappa shape index (κ3) is 2.01. The van der Waals surface area contributed by atoms with Crippen LogP contribution in [0.4, 0.5) is 0 Å². The maximum Gasteiger partial charge on any atom is 0.0493 e. The Balaban J connectivity index is 3.09. The van der Waals surface area contributed by atoms with Crippen LogP contribution in [0.25, 0.3) is 0 Å². The number of halogens is 2. The highest BCUT2D eigenvalue weighted by Crippen LogP contribution is 2.25. The smallest absolute Gasteiger partial charge is 0.0493 e. The summed E-state index contributed by atoms with van der Waals surface area (Å²) in [6.07, 6.45) is 1.63. The molecule has 0 radical (unpaired) electrons. The van der Waals surface area contributed by atoms with E-state index in [1.807, 2.05) is 0 Å². The molecule has 0 spiro atoms. The lowest BCUT2D eigenvalue weighted by Crippen LogP contribution is -2.06. The molecule has 2 N–H and O–H groups in total. The molecule has 0 aromatic heterocycles. The van der Waals surface area contributed by atoms with Crippen LogP contribution in [0, 0.1) is 0 Å². The second-order valence-electron chi connectivity index (χ2n) is 2.43. The standard InChI is InChI=1S/C9H9Cl2N/c1-2-9(12)7-4-3-6(10)5-8(7)11/h2-5,9H,1,12H2/t9-/m1/s1. The Bertz CT molecular complexity index is 297. The molecule has 1 nitrogen and oxygen atoms in total. The van der Waals surface area contributed by atoms with Crippen molar-refractivity contribution in [2.24, 2.45) is 5.73 Å². The highest BCUT2D eigenvalue weighted by Gasteiger charge is 2.05. The molecule has 0 heterocycles. The molecule has 0 fully saturated rings. The van der Waals surface area contributed by atoms with Crippen molar-refractivity contribution in [1.82, 2.24) is 0 Å². The molecule has 0 bridgehead atoms. The summed E-state index contributed by atoms with van der Waals surface area (Å²) in [4.78, 5) is 0. The van der Waals surface area contributed by atoms with Crippen LogP contribution in [-0.2, 0) is 0 Å². The van der Waals surface area contributed by atoms with Crippen LogP contribution in [-0.4, -0.2) is 0 Å². The van der Waals surface area contributed by atoms with Crippen molar-refractivity contribution in [3.63, 3.8) is 0 Å². The van der Waals surface area contributed by atoms with Gasteiger partial charge in [0.15, 0.2) is 0 Å². The molecular formula is C9H9Cl2N. The van der Waals surface area contributed by atoms with Crippen LogP contribution < -0.4 is 5.73 Å². The second-order valence-corrected chi connectivity index (χ2v) is 3.27. The lowest BCUT2D eigenvalue weighted by Gasteiger charge is -2.08. The Morgan fingerprint density at radius 2 is 2.08 bits per heavy atom. The Labute approximate surface area is 81.8 Å². The summed E-state index contributed by atoms with van der Waals surface area (Å²) in [5.41, 5.74) is 6.54. The summed E-state index contributed by atoms with van der Waals surface area (Å²) in [5, 5.41) is 1.19. The lowest BCUT2D eigenvalue weighted by molar-refractivity contribution is 0.915. The highest BCUT2D eigenvalue weighted by molar-refractivity contribution is 6.35. The van der Waals surface area contributed by atoms with Gasteiger partial charge in [-0.05, 0) is 17.7 Å². The summed E-state index contributed by atoms with van der Waals surface area (Å²) in [5.74, 6) is 0. The first kappa shape index (κ1) is 9.59. The average Bonchev–Trinajstić information content (AvgIpc) is 2.03. The zero-order valence-corrected chi connectivity index (χ0v) is 7.94. The third-order valence-corrected chi connectivity index (χ3v) is 2.14. The zero-order chi connectivity index (χ0) is 9.14. The largest absolute Gasteiger partial charge is 0.321 e. The van der Waals surface area contributed by atoms with Gasteiger partial charge < -0.3 is 5.73 Å². The van der Waals surface area contributed by atoms with Gasteiger partial charge in [-0.1, -0.05) is 35.3 Å². The minimum absolute atomic E-state index is 0.227. The fourth-order valence-electron chi connectivity index (χ4n) is 0.899. The summed E-state index contributed by atoms with van der Waals surface area (Å²) in [7, 11) is 0. The Morgan fingerprint density at radius 1 is 1.42 bits per heavy atom. The van der Waals surface area contributed by atoms with Crippen LogP contribution in [0.15, 0.2) is 30.9 Å². The van der Waals surface area contributed by atoms with E-state index in [0.29, 0.717) is 10.0 Å². The summed E-state index contributed by atoms with van der Waals surface area (Å²) >= 11 is 11.6. The summed E-state index contributed by atoms with van der Waals surface area (Å²) in [6.45, 7) is 3.58. The van der Waals surface area contributed by atoms with Gasteiger partial charge in [-0.3, -0.25) is 0 Å². The Morgan fingerprint density at radius 3 is 2.58 bits per heavy atom. The molecule has 0 unspecified atom stereocenters. The van der Waals surface area contributed by atoms with Crippen LogP contribution in [0.3, 0.4) is 0 Å². The van der Waals surface area contributed by atoms with Crippen molar-refractivity contribution in [2.75, 3.05) is 0 Å². The van der Waals surface area contributed by atoms with Gasteiger partial charge in [0, 0.05) is 16.1 Å². The first-order chi connectivity index (χ1) is 5.65. The number of hydrogen-bond acceptors (Lipinski definition) is 1. The molecule has 0 saturated carbocycles. The molecule has 0 aliphatic heterocycles. The van der Waals surface area contributed by atoms with E-state index >= 15 is 0 Å². The molecule has 0 amide bonds. The molecule has 12 heavy (non-hydrogen) atoms. The zero-order valence-electron chi connectivity index (χ0n) is 6.43. The Kier molecular flexibility index (Phi) is 3.15. The fraction of sp³-hybridized carbons (Fsp3) is 0.111. The van der Waals surface area contributed by atoms with Crippen LogP contribution >= 0.6 is 23.2 Å². The van der Waals surface area contributed by atoms with Gasteiger partial charge >= 0.3 is 0 Å². The van der Waals surface area contributed by atoms with E-state index in [-0.39, 0.29) is 6.04 Å². The normalized spacial score (nSPS) is 12.6. The van der Waals surface area contributed by atoms with Crippen molar-refractivity contribution in [2.45, 2.75) is 6.04 Å². The predicted molar refractivity (Wildman–Crippen MR) is 53.6 cm³/mol. The first-order valence-corrected chi connectivity index (χ1v) is 4.24. The van der Waals surface area contributed by atoms with E-state index in [1.165, 1.54) is 0 Å². The fourth-order valence-corrected chi connectivity index (χ4v) is 1.43. The number of nitrogens with two attached hydrogens (primary N) is 1. The van der Waals surface area contributed by atoms with Crippen molar-refractivity contribution in [3.8, 4) is 0 Å². The van der Waals surface area contributed by atoms with E-state index in [9.17, 15) is 0 Å². The average molecular weight is 202 g/mol. The van der Waals surface area contributed by atoms with Crippen LogP contribution in [0.5, 0.6) is 0 Å². The van der Waals surface area contributed by atoms with Gasteiger partial charge in [0.1, 0.15) is 0 Å². The van der Waals surface area contributed by atoms with Gasteiger partial charge in [-0.2, -0.15) is 0 Å². The molecular weight excluding hydrogens is 193 g/mol. The molecule has 0 saturated heterocycles. The quantitative estimate of drug-likeness (QED) is 0.732. The van der Waals surface area contributed by atoms with Crippen molar-refractivity contribution < 1.29 is 0 Å². The third-order valence-electron chi connectivity index (χ3n) is 1.58. The lowest BCUT2D eigenvalue weighted by atomic mass is 10.1. The minimum Gasteiger partial charge on any atom is -0.321 e. The van der Waals surface area contributed by atoms with E-state index in [0.717, 1.165) is 5.56 Å². The monoisotopic (exact) mass is 201 g/mol. The van der Waals surface area contributed by atoms with Crippen molar-refractivity contribution in [1.29, 1.82) is 0 Å².